The van der Waals surface area contributed by atoms with Crippen LogP contribution >= 0.6 is 0 Å². The van der Waals surface area contributed by atoms with Crippen molar-refractivity contribution in [2.75, 3.05) is 12.1 Å². The van der Waals surface area contributed by atoms with E-state index in [0.717, 1.165) is 17.9 Å². The van der Waals surface area contributed by atoms with Crippen molar-refractivity contribution in [1.29, 1.82) is 0 Å². The third-order valence-corrected chi connectivity index (χ3v) is 3.78. The normalized spacial score (nSPS) is 10.7. The highest BCUT2D eigenvalue weighted by molar-refractivity contribution is 5.81. The first kappa shape index (κ1) is 17.2. The minimum absolute atomic E-state index is 0. The second-order valence-electron chi connectivity index (χ2n) is 5.16. The Morgan fingerprint density at radius 2 is 1.65 bits per heavy atom. The Balaban J connectivity index is 0.00000192. The standard InChI is InChI=1S/C19H20N3.BrH/c1-3-22-18(14-13-16-9-7-8-12-19(16)22)15-20-21(2)17-10-5-4-6-11-17;/h4-15H,3H2,1-2H3;1H/q+1;/p-1. The van der Waals surface area contributed by atoms with Gasteiger partial charge in [-0.1, -0.05) is 30.3 Å². The number of halogens is 1. The van der Waals surface area contributed by atoms with Crippen LogP contribution in [0, 0.1) is 0 Å². The maximum atomic E-state index is 4.57. The molecule has 0 aliphatic rings. The summed E-state index contributed by atoms with van der Waals surface area (Å²) in [6.45, 7) is 3.07. The number of aryl methyl sites for hydroxylation is 1. The summed E-state index contributed by atoms with van der Waals surface area (Å²) in [6.07, 6.45) is 1.92. The van der Waals surface area contributed by atoms with E-state index in [1.165, 1.54) is 10.9 Å². The van der Waals surface area contributed by atoms with Crippen LogP contribution in [-0.2, 0) is 6.54 Å². The highest BCUT2D eigenvalue weighted by Crippen LogP contribution is 2.12. The summed E-state index contributed by atoms with van der Waals surface area (Å²) in [5, 5.41) is 7.70. The van der Waals surface area contributed by atoms with E-state index < -0.39 is 0 Å². The SMILES string of the molecule is CC[n+]1c(C=NN(C)c2ccccc2)ccc2ccccc21.[Br-]. The van der Waals surface area contributed by atoms with Crippen molar-refractivity contribution in [2.24, 2.45) is 5.10 Å². The molecule has 0 aliphatic carbocycles. The summed E-state index contributed by atoms with van der Waals surface area (Å²) in [6, 6.07) is 22.8. The molecule has 3 nitrogen and oxygen atoms in total. The molecule has 23 heavy (non-hydrogen) atoms. The molecule has 0 atom stereocenters. The first-order valence-corrected chi connectivity index (χ1v) is 7.54. The van der Waals surface area contributed by atoms with E-state index in [0.29, 0.717) is 0 Å². The van der Waals surface area contributed by atoms with Crippen molar-refractivity contribution < 1.29 is 21.5 Å². The molecule has 0 aliphatic heterocycles. The van der Waals surface area contributed by atoms with Gasteiger partial charge in [-0.25, -0.2) is 0 Å². The second-order valence-corrected chi connectivity index (χ2v) is 5.16. The number of pyridine rings is 1. The molecule has 0 bridgehead atoms. The van der Waals surface area contributed by atoms with Crippen molar-refractivity contribution >= 4 is 22.8 Å². The number of nitrogens with zero attached hydrogens (tertiary/aromatic N) is 3. The lowest BCUT2D eigenvalue weighted by molar-refractivity contribution is -0.668. The van der Waals surface area contributed by atoms with E-state index in [2.05, 4.69) is 53.0 Å². The van der Waals surface area contributed by atoms with Crippen molar-refractivity contribution in [2.45, 2.75) is 13.5 Å². The molecule has 1 heterocycles. The van der Waals surface area contributed by atoms with Gasteiger partial charge in [0.25, 0.3) is 0 Å². The highest BCUT2D eigenvalue weighted by Gasteiger charge is 2.12. The van der Waals surface area contributed by atoms with Gasteiger partial charge in [0, 0.05) is 24.6 Å². The number of fused-ring (bicyclic) bond motifs is 1. The number of anilines is 1. The molecule has 0 amide bonds. The highest BCUT2D eigenvalue weighted by atomic mass is 79.9. The van der Waals surface area contributed by atoms with Gasteiger partial charge < -0.3 is 17.0 Å². The molecule has 118 valence electrons. The molecule has 0 fully saturated rings. The van der Waals surface area contributed by atoms with Gasteiger partial charge in [0.2, 0.25) is 11.2 Å². The van der Waals surface area contributed by atoms with E-state index >= 15 is 0 Å². The summed E-state index contributed by atoms with van der Waals surface area (Å²) in [5.41, 5.74) is 3.41. The molecule has 0 spiro atoms. The second kappa shape index (κ2) is 7.88. The Kier molecular flexibility index (Phi) is 5.88. The fourth-order valence-electron chi connectivity index (χ4n) is 2.60. The number of hydrogen-bond acceptors (Lipinski definition) is 2. The Bertz CT molecular complexity index is 800. The van der Waals surface area contributed by atoms with Crippen molar-refractivity contribution in [1.82, 2.24) is 0 Å². The van der Waals surface area contributed by atoms with Crippen molar-refractivity contribution in [3.05, 3.63) is 72.4 Å². The predicted molar refractivity (Wildman–Crippen MR) is 92.3 cm³/mol. The monoisotopic (exact) mass is 369 g/mol. The molecule has 0 radical (unpaired) electrons. The van der Waals surface area contributed by atoms with E-state index in [-0.39, 0.29) is 17.0 Å². The Morgan fingerprint density at radius 3 is 2.39 bits per heavy atom. The van der Waals surface area contributed by atoms with E-state index in [1.54, 1.807) is 0 Å². The Morgan fingerprint density at radius 1 is 0.957 bits per heavy atom. The molecule has 2 aromatic carbocycles. The Hall–Kier alpha value is -2.20. The fraction of sp³-hybridized carbons (Fsp3) is 0.158. The van der Waals surface area contributed by atoms with Crippen LogP contribution in [-0.4, -0.2) is 13.3 Å². The summed E-state index contributed by atoms with van der Waals surface area (Å²) < 4.78 is 2.28. The van der Waals surface area contributed by atoms with Gasteiger partial charge in [-0.2, -0.15) is 9.67 Å². The number of hydrogen-bond donors (Lipinski definition) is 0. The number of aromatic nitrogens is 1. The van der Waals surface area contributed by atoms with Gasteiger partial charge in [0.05, 0.1) is 5.69 Å². The number of para-hydroxylation sites is 2. The molecule has 0 saturated heterocycles. The molecule has 1 aromatic heterocycles. The van der Waals surface area contributed by atoms with Gasteiger partial charge in [-0.3, -0.25) is 5.01 Å². The van der Waals surface area contributed by atoms with E-state index in [1.807, 2.05) is 48.6 Å². The zero-order chi connectivity index (χ0) is 15.4. The molecule has 0 saturated carbocycles. The van der Waals surface area contributed by atoms with Crippen molar-refractivity contribution in [3.8, 4) is 0 Å². The summed E-state index contributed by atoms with van der Waals surface area (Å²) in [5.74, 6) is 0. The maximum Gasteiger partial charge on any atom is 0.225 e. The van der Waals surface area contributed by atoms with Crippen molar-refractivity contribution in [3.63, 3.8) is 0 Å². The van der Waals surface area contributed by atoms with Crippen LogP contribution < -0.4 is 26.6 Å². The summed E-state index contributed by atoms with van der Waals surface area (Å²) in [4.78, 5) is 0. The maximum absolute atomic E-state index is 4.57. The molecule has 0 N–H and O–H groups in total. The van der Waals surface area contributed by atoms with E-state index in [9.17, 15) is 0 Å². The van der Waals surface area contributed by atoms with Gasteiger partial charge >= 0.3 is 0 Å². The average molecular weight is 370 g/mol. The fourth-order valence-corrected chi connectivity index (χ4v) is 2.60. The summed E-state index contributed by atoms with van der Waals surface area (Å²) >= 11 is 0. The van der Waals surface area contributed by atoms with Crippen LogP contribution in [0.2, 0.25) is 0 Å². The van der Waals surface area contributed by atoms with Crippen LogP contribution in [0.1, 0.15) is 12.6 Å². The minimum Gasteiger partial charge on any atom is -1.00 e. The molecule has 0 unspecified atom stereocenters. The number of rotatable bonds is 4. The largest absolute Gasteiger partial charge is 1.00 e. The van der Waals surface area contributed by atoms with Crippen LogP contribution in [0.25, 0.3) is 10.9 Å². The first-order chi connectivity index (χ1) is 10.8. The smallest absolute Gasteiger partial charge is 0.225 e. The lowest BCUT2D eigenvalue weighted by Gasteiger charge is -2.11. The van der Waals surface area contributed by atoms with Crippen LogP contribution in [0.3, 0.4) is 0 Å². The van der Waals surface area contributed by atoms with Crippen LogP contribution in [0.4, 0.5) is 5.69 Å². The number of hydrazone groups is 1. The molecule has 4 heteroatoms. The lowest BCUT2D eigenvalue weighted by atomic mass is 10.2. The first-order valence-electron chi connectivity index (χ1n) is 7.54. The minimum atomic E-state index is 0. The molecule has 3 aromatic rings. The molecular formula is C19H20BrN3. The Labute approximate surface area is 147 Å². The van der Waals surface area contributed by atoms with Gasteiger partial charge in [-0.15, -0.1) is 0 Å². The summed E-state index contributed by atoms with van der Waals surface area (Å²) in [7, 11) is 1.96. The molecular weight excluding hydrogens is 350 g/mol. The average Bonchev–Trinajstić information content (AvgIpc) is 2.59. The topological polar surface area (TPSA) is 19.5 Å². The van der Waals surface area contributed by atoms with E-state index in [4.69, 9.17) is 0 Å². The van der Waals surface area contributed by atoms with Crippen LogP contribution in [0.15, 0.2) is 71.8 Å². The predicted octanol–water partition coefficient (Wildman–Crippen LogP) is 0.621. The van der Waals surface area contributed by atoms with Gasteiger partial charge in [0.1, 0.15) is 12.8 Å². The zero-order valence-corrected chi connectivity index (χ0v) is 14.9. The van der Waals surface area contributed by atoms with Crippen LogP contribution in [0.5, 0.6) is 0 Å². The lowest BCUT2D eigenvalue weighted by Crippen LogP contribution is -3.00. The number of benzene rings is 2. The van der Waals surface area contributed by atoms with Gasteiger partial charge in [-0.05, 0) is 31.2 Å². The quantitative estimate of drug-likeness (QED) is 0.375. The third-order valence-electron chi connectivity index (χ3n) is 3.78. The van der Waals surface area contributed by atoms with Gasteiger partial charge in [0.15, 0.2) is 0 Å². The third kappa shape index (κ3) is 3.77. The zero-order valence-electron chi connectivity index (χ0n) is 13.4. The molecule has 3 rings (SSSR count).